The monoisotopic (exact) mass is 815 g/mol. The lowest BCUT2D eigenvalue weighted by Gasteiger charge is -2.18. The Kier molecular flexibility index (Phi) is 43.2. The maximum atomic E-state index is 12.7. The molecular weight excluding hydrogens is 733 g/mol. The highest BCUT2D eigenvalue weighted by molar-refractivity contribution is 5.71. The minimum Gasteiger partial charge on any atom is -0.462 e. The number of unbranched alkanes of at least 4 members (excludes halogenated alkanes) is 11. The van der Waals surface area contributed by atoms with Gasteiger partial charge in [0.1, 0.15) is 13.2 Å². The summed E-state index contributed by atoms with van der Waals surface area (Å²) < 4.78 is 16.6. The molecule has 0 saturated heterocycles. The van der Waals surface area contributed by atoms with Crippen LogP contribution in [0.4, 0.5) is 0 Å². The van der Waals surface area contributed by atoms with Gasteiger partial charge in [0.25, 0.3) is 0 Å². The Hall–Kier alpha value is -4.19. The Bertz CT molecular complexity index is 1300. The molecule has 0 fully saturated rings. The molecule has 0 radical (unpaired) electrons. The van der Waals surface area contributed by atoms with Crippen molar-refractivity contribution in [3.05, 3.63) is 122 Å². The summed E-state index contributed by atoms with van der Waals surface area (Å²) in [6.07, 6.45) is 63.3. The quantitative estimate of drug-likeness (QED) is 0.0202. The predicted octanol–water partition coefficient (Wildman–Crippen LogP) is 15.0. The van der Waals surface area contributed by atoms with E-state index in [1.165, 1.54) is 12.8 Å². The molecule has 0 N–H and O–H groups in total. The fraction of sp³-hybridized carbons (Fsp3) is 0.566. The second-order valence-electron chi connectivity index (χ2n) is 14.6. The van der Waals surface area contributed by atoms with Gasteiger partial charge in [0, 0.05) is 19.3 Å². The Labute approximate surface area is 361 Å². The van der Waals surface area contributed by atoms with Gasteiger partial charge in [-0.05, 0) is 96.3 Å². The number of carbonyl (C=O) groups is 3. The van der Waals surface area contributed by atoms with E-state index >= 15 is 0 Å². The molecule has 6 heteroatoms. The molecular formula is C53H82O6. The standard InChI is InChI=1S/C53H82O6/c1-4-7-10-13-16-19-22-24-25-26-27-29-31-34-37-40-43-46-52(55)58-49-50(48-57-51(54)45-42-39-36-33-30-21-18-15-12-9-6-3)59-53(56)47-44-41-38-35-32-28-23-20-17-14-11-8-5-2/h7-8,10-11,14-21,23-25,27,29-30,34,37,50H,4-6,9,12-13,22,26,28,31-33,35-36,38-49H2,1-3H3/b10-7-,11-8-,17-14-,18-15-,19-16-,23-20-,25-24-,29-27-,30-21-,37-34-. The van der Waals surface area contributed by atoms with E-state index in [9.17, 15) is 14.4 Å². The van der Waals surface area contributed by atoms with Crippen LogP contribution in [0.2, 0.25) is 0 Å². The van der Waals surface area contributed by atoms with Gasteiger partial charge in [0.15, 0.2) is 6.10 Å². The Balaban J connectivity index is 4.56. The molecule has 0 rings (SSSR count). The fourth-order valence-electron chi connectivity index (χ4n) is 5.57. The second kappa shape index (κ2) is 46.5. The maximum Gasteiger partial charge on any atom is 0.306 e. The minimum absolute atomic E-state index is 0.122. The lowest BCUT2D eigenvalue weighted by atomic mass is 10.1. The number of rotatable bonds is 39. The van der Waals surface area contributed by atoms with Gasteiger partial charge in [0.05, 0.1) is 0 Å². The Morgan fingerprint density at radius 2 is 0.763 bits per heavy atom. The number of carbonyl (C=O) groups excluding carboxylic acids is 3. The molecule has 0 aliphatic heterocycles. The van der Waals surface area contributed by atoms with Crippen molar-refractivity contribution in [3.63, 3.8) is 0 Å². The van der Waals surface area contributed by atoms with E-state index in [1.54, 1.807) is 0 Å². The van der Waals surface area contributed by atoms with Crippen LogP contribution in [0.1, 0.15) is 175 Å². The topological polar surface area (TPSA) is 78.9 Å². The lowest BCUT2D eigenvalue weighted by molar-refractivity contribution is -0.167. The molecule has 0 spiro atoms. The molecule has 59 heavy (non-hydrogen) atoms. The summed E-state index contributed by atoms with van der Waals surface area (Å²) in [6.45, 7) is 6.21. The number of allylic oxidation sites excluding steroid dienone is 20. The van der Waals surface area contributed by atoms with E-state index in [0.29, 0.717) is 12.8 Å². The summed E-state index contributed by atoms with van der Waals surface area (Å²) in [5, 5.41) is 0. The van der Waals surface area contributed by atoms with E-state index in [4.69, 9.17) is 14.2 Å². The zero-order chi connectivity index (χ0) is 43.0. The molecule has 6 nitrogen and oxygen atoms in total. The van der Waals surface area contributed by atoms with Gasteiger partial charge in [-0.15, -0.1) is 0 Å². The number of ether oxygens (including phenoxy) is 3. The average Bonchev–Trinajstić information content (AvgIpc) is 3.23. The summed E-state index contributed by atoms with van der Waals surface area (Å²) >= 11 is 0. The van der Waals surface area contributed by atoms with Gasteiger partial charge < -0.3 is 14.2 Å². The smallest absolute Gasteiger partial charge is 0.306 e. The highest BCUT2D eigenvalue weighted by Gasteiger charge is 2.19. The summed E-state index contributed by atoms with van der Waals surface area (Å²) in [7, 11) is 0. The van der Waals surface area contributed by atoms with Gasteiger partial charge in [-0.2, -0.15) is 0 Å². The molecule has 0 bridgehead atoms. The van der Waals surface area contributed by atoms with Crippen molar-refractivity contribution in [2.24, 2.45) is 0 Å². The zero-order valence-electron chi connectivity index (χ0n) is 37.5. The van der Waals surface area contributed by atoms with Crippen LogP contribution in [-0.2, 0) is 28.6 Å². The second-order valence-corrected chi connectivity index (χ2v) is 14.6. The summed E-state index contributed by atoms with van der Waals surface area (Å²) in [4.78, 5) is 37.8. The van der Waals surface area contributed by atoms with Crippen molar-refractivity contribution in [2.75, 3.05) is 13.2 Å². The highest BCUT2D eigenvalue weighted by atomic mass is 16.6. The van der Waals surface area contributed by atoms with E-state index in [0.717, 1.165) is 116 Å². The van der Waals surface area contributed by atoms with Gasteiger partial charge in [-0.1, -0.05) is 181 Å². The predicted molar refractivity (Wildman–Crippen MR) is 251 cm³/mol. The number of esters is 3. The van der Waals surface area contributed by atoms with Crippen molar-refractivity contribution in [1.82, 2.24) is 0 Å². The van der Waals surface area contributed by atoms with Crippen molar-refractivity contribution >= 4 is 17.9 Å². The molecule has 1 unspecified atom stereocenters. The molecule has 0 aliphatic carbocycles. The first kappa shape index (κ1) is 54.8. The molecule has 0 aliphatic rings. The Morgan fingerprint density at radius 1 is 0.373 bits per heavy atom. The van der Waals surface area contributed by atoms with Crippen molar-refractivity contribution in [1.29, 1.82) is 0 Å². The first-order valence-electron chi connectivity index (χ1n) is 23.1. The molecule has 330 valence electrons. The third-order valence-corrected chi connectivity index (χ3v) is 9.02. The summed E-state index contributed by atoms with van der Waals surface area (Å²) in [5.41, 5.74) is 0. The average molecular weight is 815 g/mol. The minimum atomic E-state index is -0.824. The molecule has 0 aromatic heterocycles. The van der Waals surface area contributed by atoms with Crippen LogP contribution in [0.25, 0.3) is 0 Å². The number of hydrogen-bond acceptors (Lipinski definition) is 6. The number of hydrogen-bond donors (Lipinski definition) is 0. The van der Waals surface area contributed by atoms with Crippen LogP contribution in [-0.4, -0.2) is 37.2 Å². The van der Waals surface area contributed by atoms with Gasteiger partial charge in [-0.3, -0.25) is 14.4 Å². The lowest BCUT2D eigenvalue weighted by Crippen LogP contribution is -2.30. The SMILES string of the molecule is CC\C=C/C=C\C=C/CCCCCCCC(=O)OC(COC(=O)CCC/C=C\C/C=C\C/C=C\C/C=C\C/C=C\CC)COC(=O)CCCCC/C=C\C=C/CCCC. The van der Waals surface area contributed by atoms with E-state index in [2.05, 4.69) is 136 Å². The van der Waals surface area contributed by atoms with Crippen molar-refractivity contribution < 1.29 is 28.6 Å². The van der Waals surface area contributed by atoms with E-state index < -0.39 is 6.10 Å². The van der Waals surface area contributed by atoms with Crippen LogP contribution in [0.15, 0.2) is 122 Å². The van der Waals surface area contributed by atoms with Crippen LogP contribution in [0.3, 0.4) is 0 Å². The molecule has 0 saturated carbocycles. The van der Waals surface area contributed by atoms with E-state index in [-0.39, 0.29) is 44.0 Å². The normalized spacial score (nSPS) is 13.2. The van der Waals surface area contributed by atoms with E-state index in [1.807, 2.05) is 6.08 Å². The molecule has 0 aromatic carbocycles. The molecule has 0 heterocycles. The first-order chi connectivity index (χ1) is 29.0. The zero-order valence-corrected chi connectivity index (χ0v) is 37.5. The maximum absolute atomic E-state index is 12.7. The van der Waals surface area contributed by atoms with Crippen molar-refractivity contribution in [2.45, 2.75) is 181 Å². The van der Waals surface area contributed by atoms with Crippen molar-refractivity contribution in [3.8, 4) is 0 Å². The highest BCUT2D eigenvalue weighted by Crippen LogP contribution is 2.11. The summed E-state index contributed by atoms with van der Waals surface area (Å²) in [6, 6.07) is 0. The van der Waals surface area contributed by atoms with Gasteiger partial charge in [-0.25, -0.2) is 0 Å². The van der Waals surface area contributed by atoms with Gasteiger partial charge in [0.2, 0.25) is 0 Å². The molecule has 1 atom stereocenters. The van der Waals surface area contributed by atoms with Crippen LogP contribution >= 0.6 is 0 Å². The Morgan fingerprint density at radius 3 is 1.31 bits per heavy atom. The van der Waals surface area contributed by atoms with Crippen LogP contribution in [0.5, 0.6) is 0 Å². The summed E-state index contributed by atoms with van der Waals surface area (Å²) in [5.74, 6) is -1.04. The van der Waals surface area contributed by atoms with Crippen LogP contribution in [0, 0.1) is 0 Å². The third-order valence-electron chi connectivity index (χ3n) is 9.02. The fourth-order valence-corrected chi connectivity index (χ4v) is 5.57. The largest absolute Gasteiger partial charge is 0.462 e. The molecule has 0 amide bonds. The molecule has 0 aromatic rings. The third kappa shape index (κ3) is 44.8. The first-order valence-corrected chi connectivity index (χ1v) is 23.1. The van der Waals surface area contributed by atoms with Crippen LogP contribution < -0.4 is 0 Å². The van der Waals surface area contributed by atoms with Gasteiger partial charge >= 0.3 is 17.9 Å².